The summed E-state index contributed by atoms with van der Waals surface area (Å²) in [6.07, 6.45) is 2.77. The fourth-order valence-electron chi connectivity index (χ4n) is 3.91. The quantitative estimate of drug-likeness (QED) is 0.836. The molecule has 0 radical (unpaired) electrons. The molecule has 1 aromatic heterocycles. The molecular weight excluding hydrogens is 366 g/mol. The minimum absolute atomic E-state index is 0.210. The van der Waals surface area contributed by atoms with Crippen molar-refractivity contribution in [3.8, 4) is 5.75 Å². The highest BCUT2D eigenvalue weighted by Crippen LogP contribution is 2.28. The standard InChI is InChI=1S/C18H25N5O3S/c1-26-15-6-2-3-7-16(15)27(24,25)22-10-8-17-20-21-18(23(17)12-11-22)14-5-4-9-19-13-14/h2-3,6-7,14,19H,4-5,8-13H2,1H3/t14-/m0/s1. The Kier molecular flexibility index (Phi) is 5.16. The Bertz CT molecular complexity index is 905. The van der Waals surface area contributed by atoms with Gasteiger partial charge in [0.1, 0.15) is 22.3 Å². The minimum atomic E-state index is -3.63. The lowest BCUT2D eigenvalue weighted by molar-refractivity contribution is 0.385. The maximum Gasteiger partial charge on any atom is 0.246 e. The van der Waals surface area contributed by atoms with Crippen molar-refractivity contribution in [1.29, 1.82) is 0 Å². The first kappa shape index (κ1) is 18.4. The SMILES string of the molecule is COc1ccccc1S(=O)(=O)N1CCc2nnc([C@H]3CCCNC3)n2CC1. The first-order chi connectivity index (χ1) is 13.1. The molecule has 0 aliphatic carbocycles. The van der Waals surface area contributed by atoms with E-state index in [9.17, 15) is 8.42 Å². The number of sulfonamides is 1. The average Bonchev–Trinajstić information content (AvgIpc) is 2.99. The Labute approximate surface area is 159 Å². The Balaban J connectivity index is 1.57. The van der Waals surface area contributed by atoms with Gasteiger partial charge in [-0.25, -0.2) is 8.42 Å². The lowest BCUT2D eigenvalue weighted by Crippen LogP contribution is -2.34. The molecule has 1 N–H and O–H groups in total. The highest BCUT2D eigenvalue weighted by molar-refractivity contribution is 7.89. The molecule has 2 aliphatic rings. The van der Waals surface area contributed by atoms with Gasteiger partial charge in [0, 0.05) is 38.5 Å². The smallest absolute Gasteiger partial charge is 0.246 e. The van der Waals surface area contributed by atoms with Gasteiger partial charge in [0.2, 0.25) is 10.0 Å². The minimum Gasteiger partial charge on any atom is -0.495 e. The predicted octanol–water partition coefficient (Wildman–Crippen LogP) is 1.00. The van der Waals surface area contributed by atoms with Gasteiger partial charge in [-0.3, -0.25) is 0 Å². The number of methoxy groups -OCH3 is 1. The zero-order valence-corrected chi connectivity index (χ0v) is 16.3. The summed E-state index contributed by atoms with van der Waals surface area (Å²) in [4.78, 5) is 0.210. The molecule has 8 nitrogen and oxygen atoms in total. The van der Waals surface area contributed by atoms with Crippen molar-refractivity contribution >= 4 is 10.0 Å². The summed E-state index contributed by atoms with van der Waals surface area (Å²) < 4.78 is 35.2. The number of piperidine rings is 1. The van der Waals surface area contributed by atoms with Crippen LogP contribution in [0.1, 0.15) is 30.4 Å². The van der Waals surface area contributed by atoms with Crippen molar-refractivity contribution in [3.05, 3.63) is 35.9 Å². The number of hydrogen-bond acceptors (Lipinski definition) is 6. The van der Waals surface area contributed by atoms with E-state index in [2.05, 4.69) is 20.1 Å². The van der Waals surface area contributed by atoms with Gasteiger partial charge in [0.05, 0.1) is 7.11 Å². The molecular formula is C18H25N5O3S. The van der Waals surface area contributed by atoms with Crippen LogP contribution in [0.15, 0.2) is 29.2 Å². The van der Waals surface area contributed by atoms with E-state index in [0.717, 1.165) is 37.6 Å². The number of ether oxygens (including phenoxy) is 1. The number of aromatic nitrogens is 3. The number of hydrogen-bond donors (Lipinski definition) is 1. The van der Waals surface area contributed by atoms with Gasteiger partial charge in [-0.05, 0) is 31.5 Å². The summed E-state index contributed by atoms with van der Waals surface area (Å²) in [5.41, 5.74) is 0. The van der Waals surface area contributed by atoms with Crippen LogP contribution in [0.4, 0.5) is 0 Å². The van der Waals surface area contributed by atoms with Gasteiger partial charge < -0.3 is 14.6 Å². The van der Waals surface area contributed by atoms with E-state index in [1.54, 1.807) is 24.3 Å². The van der Waals surface area contributed by atoms with Crippen LogP contribution >= 0.6 is 0 Å². The third-order valence-electron chi connectivity index (χ3n) is 5.36. The second-order valence-electron chi connectivity index (χ2n) is 6.97. The zero-order valence-electron chi connectivity index (χ0n) is 15.5. The van der Waals surface area contributed by atoms with Gasteiger partial charge in [-0.1, -0.05) is 12.1 Å². The average molecular weight is 391 g/mol. The van der Waals surface area contributed by atoms with Gasteiger partial charge in [-0.15, -0.1) is 10.2 Å². The van der Waals surface area contributed by atoms with Crippen molar-refractivity contribution in [1.82, 2.24) is 24.4 Å². The molecule has 1 saturated heterocycles. The first-order valence-electron chi connectivity index (χ1n) is 9.37. The Hall–Kier alpha value is -1.97. The van der Waals surface area contributed by atoms with E-state index in [0.29, 0.717) is 37.7 Å². The topological polar surface area (TPSA) is 89.4 Å². The van der Waals surface area contributed by atoms with E-state index < -0.39 is 10.0 Å². The lowest BCUT2D eigenvalue weighted by atomic mass is 9.99. The maximum absolute atomic E-state index is 13.2. The molecule has 4 rings (SSSR count). The molecule has 3 heterocycles. The third kappa shape index (κ3) is 3.46. The van der Waals surface area contributed by atoms with Crippen molar-refractivity contribution < 1.29 is 13.2 Å². The number of nitrogens with zero attached hydrogens (tertiary/aromatic N) is 4. The zero-order chi connectivity index (χ0) is 18.9. The summed E-state index contributed by atoms with van der Waals surface area (Å²) in [6, 6.07) is 6.76. The molecule has 0 amide bonds. The molecule has 9 heteroatoms. The Morgan fingerprint density at radius 1 is 1.19 bits per heavy atom. The van der Waals surface area contributed by atoms with Crippen molar-refractivity contribution in [3.63, 3.8) is 0 Å². The van der Waals surface area contributed by atoms with Crippen LogP contribution in [0.3, 0.4) is 0 Å². The van der Waals surface area contributed by atoms with Crippen LogP contribution in [0.2, 0.25) is 0 Å². The van der Waals surface area contributed by atoms with Crippen LogP contribution < -0.4 is 10.1 Å². The summed E-state index contributed by atoms with van der Waals surface area (Å²) in [7, 11) is -2.14. The number of rotatable bonds is 4. The van der Waals surface area contributed by atoms with Crippen LogP contribution in [0.5, 0.6) is 5.75 Å². The summed E-state index contributed by atoms with van der Waals surface area (Å²) in [5, 5.41) is 12.2. The van der Waals surface area contributed by atoms with E-state index in [-0.39, 0.29) is 4.90 Å². The molecule has 1 atom stereocenters. The van der Waals surface area contributed by atoms with Gasteiger partial charge >= 0.3 is 0 Å². The van der Waals surface area contributed by atoms with Crippen molar-refractivity contribution in [2.24, 2.45) is 0 Å². The van der Waals surface area contributed by atoms with Gasteiger partial charge in [-0.2, -0.15) is 4.31 Å². The molecule has 0 saturated carbocycles. The second kappa shape index (κ2) is 7.57. The van der Waals surface area contributed by atoms with E-state index in [1.165, 1.54) is 11.4 Å². The molecule has 2 aliphatic heterocycles. The number of para-hydroxylation sites is 1. The molecule has 0 spiro atoms. The van der Waals surface area contributed by atoms with Crippen molar-refractivity contribution in [2.45, 2.75) is 36.6 Å². The van der Waals surface area contributed by atoms with Crippen molar-refractivity contribution in [2.75, 3.05) is 33.3 Å². The molecule has 1 aromatic carbocycles. The molecule has 2 aromatic rings. The van der Waals surface area contributed by atoms with E-state index in [4.69, 9.17) is 4.74 Å². The van der Waals surface area contributed by atoms with Crippen LogP contribution in [-0.4, -0.2) is 60.8 Å². The van der Waals surface area contributed by atoms with E-state index in [1.807, 2.05) is 0 Å². The predicted molar refractivity (Wildman–Crippen MR) is 100 cm³/mol. The molecule has 0 bridgehead atoms. The van der Waals surface area contributed by atoms with Crippen LogP contribution in [0.25, 0.3) is 0 Å². The highest BCUT2D eigenvalue weighted by Gasteiger charge is 2.31. The summed E-state index contributed by atoms with van der Waals surface area (Å²) >= 11 is 0. The second-order valence-corrected chi connectivity index (χ2v) is 8.88. The Morgan fingerprint density at radius 2 is 2.04 bits per heavy atom. The highest BCUT2D eigenvalue weighted by atomic mass is 32.2. The molecule has 0 unspecified atom stereocenters. The van der Waals surface area contributed by atoms with E-state index >= 15 is 0 Å². The van der Waals surface area contributed by atoms with Crippen LogP contribution in [-0.2, 0) is 23.0 Å². The van der Waals surface area contributed by atoms with Crippen LogP contribution in [0, 0.1) is 0 Å². The summed E-state index contributed by atoms with van der Waals surface area (Å²) in [5.74, 6) is 2.56. The molecule has 27 heavy (non-hydrogen) atoms. The fraction of sp³-hybridized carbons (Fsp3) is 0.556. The Morgan fingerprint density at radius 3 is 2.81 bits per heavy atom. The first-order valence-corrected chi connectivity index (χ1v) is 10.8. The lowest BCUT2D eigenvalue weighted by Gasteiger charge is -2.23. The van der Waals surface area contributed by atoms with Gasteiger partial charge in [0.15, 0.2) is 0 Å². The molecule has 1 fully saturated rings. The molecule has 146 valence electrons. The largest absolute Gasteiger partial charge is 0.495 e. The normalized spacial score (nSPS) is 21.4. The monoisotopic (exact) mass is 391 g/mol. The fourth-order valence-corrected chi connectivity index (χ4v) is 5.50. The summed E-state index contributed by atoms with van der Waals surface area (Å²) in [6.45, 7) is 3.31. The number of fused-ring (bicyclic) bond motifs is 1. The third-order valence-corrected chi connectivity index (χ3v) is 7.30. The number of benzene rings is 1. The van der Waals surface area contributed by atoms with Gasteiger partial charge in [0.25, 0.3) is 0 Å². The maximum atomic E-state index is 13.2. The number of nitrogens with one attached hydrogen (secondary N) is 1.